The third-order valence-corrected chi connectivity index (χ3v) is 1.72. The lowest BCUT2D eigenvalue weighted by atomic mass is 10.1. The van der Waals surface area contributed by atoms with Gasteiger partial charge in [0.15, 0.2) is 0 Å². The zero-order valence-electron chi connectivity index (χ0n) is 4.59. The maximum atomic E-state index is 5.15. The van der Waals surface area contributed by atoms with Gasteiger partial charge in [-0.1, -0.05) is 0 Å². The van der Waals surface area contributed by atoms with Crippen LogP contribution in [0.3, 0.4) is 0 Å². The Balaban J connectivity index is 2.04. The van der Waals surface area contributed by atoms with E-state index in [1.807, 2.05) is 0 Å². The fourth-order valence-electron chi connectivity index (χ4n) is 1.16. The maximum absolute atomic E-state index is 5.15. The van der Waals surface area contributed by atoms with Gasteiger partial charge in [-0.15, -0.1) is 0 Å². The second-order valence-corrected chi connectivity index (χ2v) is 2.30. The van der Waals surface area contributed by atoms with Gasteiger partial charge < -0.3 is 4.74 Å². The summed E-state index contributed by atoms with van der Waals surface area (Å²) in [6.07, 6.45) is 0.343. The molecule has 8 heavy (non-hydrogen) atoms. The van der Waals surface area contributed by atoms with Crippen molar-refractivity contribution in [2.24, 2.45) is 5.92 Å². The molecule has 2 aliphatic rings. The average Bonchev–Trinajstić information content (AvgIpc) is 2.15. The van der Waals surface area contributed by atoms with Gasteiger partial charge in [-0.25, -0.2) is 5.48 Å². The Kier molecular flexibility index (Phi) is 0.997. The van der Waals surface area contributed by atoms with E-state index < -0.39 is 0 Å². The van der Waals surface area contributed by atoms with E-state index >= 15 is 0 Å². The van der Waals surface area contributed by atoms with Crippen molar-refractivity contribution < 1.29 is 9.57 Å². The third kappa shape index (κ3) is 0.555. The van der Waals surface area contributed by atoms with Crippen molar-refractivity contribution in [3.8, 4) is 0 Å². The largest absolute Gasteiger partial charge is 0.378 e. The van der Waals surface area contributed by atoms with Crippen LogP contribution >= 0.6 is 0 Å². The van der Waals surface area contributed by atoms with E-state index in [9.17, 15) is 0 Å². The van der Waals surface area contributed by atoms with Crippen molar-refractivity contribution in [3.63, 3.8) is 0 Å². The van der Waals surface area contributed by atoms with Gasteiger partial charge in [-0.2, -0.15) is 0 Å². The SMILES string of the molecule is C1NO[C@H]2COC[C@@H]12. The van der Waals surface area contributed by atoms with Crippen molar-refractivity contribution in [2.75, 3.05) is 19.8 Å². The van der Waals surface area contributed by atoms with E-state index in [0.29, 0.717) is 12.0 Å². The molecule has 3 nitrogen and oxygen atoms in total. The van der Waals surface area contributed by atoms with E-state index in [4.69, 9.17) is 9.57 Å². The summed E-state index contributed by atoms with van der Waals surface area (Å²) in [5.41, 5.74) is 2.84. The van der Waals surface area contributed by atoms with Crippen molar-refractivity contribution >= 4 is 0 Å². The number of fused-ring (bicyclic) bond motifs is 1. The minimum absolute atomic E-state index is 0.343. The number of rotatable bonds is 0. The van der Waals surface area contributed by atoms with Gasteiger partial charge in [0.2, 0.25) is 0 Å². The van der Waals surface area contributed by atoms with Gasteiger partial charge in [-0.05, 0) is 0 Å². The summed E-state index contributed by atoms with van der Waals surface area (Å²) in [7, 11) is 0. The van der Waals surface area contributed by atoms with E-state index in [-0.39, 0.29) is 0 Å². The van der Waals surface area contributed by atoms with Crippen LogP contribution in [0.1, 0.15) is 0 Å². The molecular formula is C5H9NO2. The van der Waals surface area contributed by atoms with Crippen LogP contribution in [0.4, 0.5) is 0 Å². The number of hydroxylamine groups is 1. The fourth-order valence-corrected chi connectivity index (χ4v) is 1.16. The molecule has 0 spiro atoms. The smallest absolute Gasteiger partial charge is 0.109 e. The van der Waals surface area contributed by atoms with E-state index in [0.717, 1.165) is 19.8 Å². The van der Waals surface area contributed by atoms with Gasteiger partial charge >= 0.3 is 0 Å². The van der Waals surface area contributed by atoms with Crippen molar-refractivity contribution in [3.05, 3.63) is 0 Å². The van der Waals surface area contributed by atoms with E-state index in [1.165, 1.54) is 0 Å². The quantitative estimate of drug-likeness (QED) is 0.463. The van der Waals surface area contributed by atoms with Crippen molar-refractivity contribution in [1.82, 2.24) is 5.48 Å². The van der Waals surface area contributed by atoms with Crippen LogP contribution < -0.4 is 5.48 Å². The van der Waals surface area contributed by atoms with Gasteiger partial charge in [-0.3, -0.25) is 4.84 Å². The highest BCUT2D eigenvalue weighted by atomic mass is 16.7. The van der Waals surface area contributed by atoms with Crippen LogP contribution in [-0.4, -0.2) is 25.9 Å². The molecular weight excluding hydrogens is 106 g/mol. The minimum atomic E-state index is 0.343. The summed E-state index contributed by atoms with van der Waals surface area (Å²) >= 11 is 0. The molecule has 0 aromatic rings. The fraction of sp³-hybridized carbons (Fsp3) is 1.00. The molecule has 2 atom stereocenters. The number of ether oxygens (including phenoxy) is 1. The summed E-state index contributed by atoms with van der Waals surface area (Å²) in [4.78, 5) is 5.10. The first-order valence-corrected chi connectivity index (χ1v) is 2.93. The molecule has 2 fully saturated rings. The van der Waals surface area contributed by atoms with Crippen molar-refractivity contribution in [2.45, 2.75) is 6.10 Å². The molecule has 46 valence electrons. The lowest BCUT2D eigenvalue weighted by Gasteiger charge is -1.98. The number of nitrogens with one attached hydrogen (secondary N) is 1. The van der Waals surface area contributed by atoms with Gasteiger partial charge in [0.25, 0.3) is 0 Å². The molecule has 2 heterocycles. The molecule has 0 radical (unpaired) electrons. The molecule has 0 aromatic heterocycles. The monoisotopic (exact) mass is 115 g/mol. The second-order valence-electron chi connectivity index (χ2n) is 2.30. The van der Waals surface area contributed by atoms with Crippen LogP contribution in [0, 0.1) is 5.92 Å². The molecule has 2 aliphatic heterocycles. The lowest BCUT2D eigenvalue weighted by molar-refractivity contribution is 0.0109. The molecule has 0 amide bonds. The Hall–Kier alpha value is -0.120. The minimum Gasteiger partial charge on any atom is -0.378 e. The Morgan fingerprint density at radius 1 is 1.38 bits per heavy atom. The zero-order valence-corrected chi connectivity index (χ0v) is 4.59. The summed E-state index contributed by atoms with van der Waals surface area (Å²) < 4.78 is 5.15. The van der Waals surface area contributed by atoms with Crippen LogP contribution in [0.15, 0.2) is 0 Å². The summed E-state index contributed by atoms with van der Waals surface area (Å²) in [5, 5.41) is 0. The normalized spacial score (nSPS) is 45.0. The van der Waals surface area contributed by atoms with Crippen LogP contribution in [0.2, 0.25) is 0 Å². The molecule has 0 saturated carbocycles. The maximum Gasteiger partial charge on any atom is 0.109 e. The molecule has 3 heteroatoms. The highest BCUT2D eigenvalue weighted by Gasteiger charge is 2.33. The highest BCUT2D eigenvalue weighted by molar-refractivity contribution is 4.79. The zero-order chi connectivity index (χ0) is 5.40. The lowest BCUT2D eigenvalue weighted by Crippen LogP contribution is -2.13. The van der Waals surface area contributed by atoms with Gasteiger partial charge in [0.05, 0.1) is 13.2 Å². The Morgan fingerprint density at radius 2 is 2.38 bits per heavy atom. The first-order chi connectivity index (χ1) is 3.97. The summed E-state index contributed by atoms with van der Waals surface area (Å²) in [5.74, 6) is 0.620. The van der Waals surface area contributed by atoms with E-state index in [2.05, 4.69) is 5.48 Å². The summed E-state index contributed by atoms with van der Waals surface area (Å²) in [6, 6.07) is 0. The molecule has 0 bridgehead atoms. The molecule has 2 rings (SSSR count). The first kappa shape index (κ1) is 4.73. The van der Waals surface area contributed by atoms with E-state index in [1.54, 1.807) is 0 Å². The Morgan fingerprint density at radius 3 is 3.25 bits per heavy atom. The van der Waals surface area contributed by atoms with Gasteiger partial charge in [0.1, 0.15) is 6.10 Å². The molecule has 1 N–H and O–H groups in total. The van der Waals surface area contributed by atoms with Gasteiger partial charge in [0, 0.05) is 12.5 Å². The molecule has 0 aromatic carbocycles. The standard InChI is InChI=1S/C5H9NO2/c1-4-2-7-3-5(4)8-6-1/h4-6H,1-3H2/t4-,5+/m1/s1. The number of hydrogen-bond acceptors (Lipinski definition) is 3. The second kappa shape index (κ2) is 1.69. The first-order valence-electron chi connectivity index (χ1n) is 2.93. The topological polar surface area (TPSA) is 30.5 Å². The van der Waals surface area contributed by atoms with Crippen molar-refractivity contribution in [1.29, 1.82) is 0 Å². The number of hydrogen-bond donors (Lipinski definition) is 1. The Labute approximate surface area is 47.9 Å². The molecule has 2 saturated heterocycles. The predicted octanol–water partition coefficient (Wildman–Crippen LogP) is -0.464. The van der Waals surface area contributed by atoms with Crippen LogP contribution in [0.5, 0.6) is 0 Å². The highest BCUT2D eigenvalue weighted by Crippen LogP contribution is 2.19. The third-order valence-electron chi connectivity index (χ3n) is 1.72. The van der Waals surface area contributed by atoms with Crippen LogP contribution in [0.25, 0.3) is 0 Å². The molecule has 0 unspecified atom stereocenters. The predicted molar refractivity (Wildman–Crippen MR) is 27.2 cm³/mol. The van der Waals surface area contributed by atoms with Crippen LogP contribution in [-0.2, 0) is 9.57 Å². The Bertz CT molecular complexity index is 76.4. The molecule has 0 aliphatic carbocycles. The average molecular weight is 115 g/mol. The summed E-state index contributed by atoms with van der Waals surface area (Å²) in [6.45, 7) is 2.61.